The van der Waals surface area contributed by atoms with Gasteiger partial charge in [-0.05, 0) is 70.1 Å². The smallest absolute Gasteiger partial charge is 0.0551 e. The molecule has 0 N–H and O–H groups in total. The minimum Gasteiger partial charge on any atom is -0.309 e. The first-order valence-corrected chi connectivity index (χ1v) is 12.9. The molecule has 0 aliphatic rings. The van der Waals surface area contributed by atoms with Crippen LogP contribution in [-0.2, 0) is 0 Å². The van der Waals surface area contributed by atoms with Crippen LogP contribution in [0.25, 0.3) is 58.8 Å². The Morgan fingerprint density at radius 3 is 2.18 bits per heavy atom. The Morgan fingerprint density at radius 1 is 0.576 bits per heavy atom. The van der Waals surface area contributed by atoms with Crippen LogP contribution in [0.2, 0.25) is 0 Å². The summed E-state index contributed by atoms with van der Waals surface area (Å²) in [5.74, 6) is 0. The van der Waals surface area contributed by atoms with E-state index in [2.05, 4.69) is 136 Å². The van der Waals surface area contributed by atoms with E-state index in [-0.39, 0.29) is 0 Å². The van der Waals surface area contributed by atoms with E-state index in [1.54, 1.807) is 0 Å². The molecule has 0 saturated heterocycles. The molecule has 0 fully saturated rings. The van der Waals surface area contributed by atoms with E-state index in [0.717, 1.165) is 0 Å². The van der Waals surface area contributed by atoms with Crippen molar-refractivity contribution in [3.05, 3.63) is 113 Å². The number of hydrogen-bond acceptors (Lipinski definition) is 1. The number of fused-ring (bicyclic) bond motifs is 6. The number of thiophene rings is 1. The zero-order valence-corrected chi connectivity index (χ0v) is 20.6. The highest BCUT2D eigenvalue weighted by molar-refractivity contribution is 14.1. The Kier molecular flexibility index (Phi) is 4.36. The summed E-state index contributed by atoms with van der Waals surface area (Å²) in [6, 6.07) is 39.8. The zero-order valence-electron chi connectivity index (χ0n) is 17.6. The first-order valence-electron chi connectivity index (χ1n) is 11.0. The van der Waals surface area contributed by atoms with Gasteiger partial charge in [-0.25, -0.2) is 0 Å². The van der Waals surface area contributed by atoms with Crippen molar-refractivity contribution in [3.63, 3.8) is 0 Å². The van der Waals surface area contributed by atoms with Crippen LogP contribution in [0.5, 0.6) is 0 Å². The normalized spacial score (nSPS) is 11.8. The van der Waals surface area contributed by atoms with E-state index in [0.29, 0.717) is 0 Å². The largest absolute Gasteiger partial charge is 0.309 e. The van der Waals surface area contributed by atoms with Crippen LogP contribution in [0.3, 0.4) is 0 Å². The van der Waals surface area contributed by atoms with Gasteiger partial charge in [0, 0.05) is 40.2 Å². The summed E-state index contributed by atoms with van der Waals surface area (Å²) in [6.07, 6.45) is 0. The molecule has 0 saturated carbocycles. The maximum absolute atomic E-state index is 2.40. The number of hydrogen-bond donors (Lipinski definition) is 0. The molecule has 0 spiro atoms. The van der Waals surface area contributed by atoms with Crippen molar-refractivity contribution in [2.24, 2.45) is 0 Å². The molecular formula is C30H18INS. The number of para-hydroxylation sites is 1. The summed E-state index contributed by atoms with van der Waals surface area (Å²) in [5, 5.41) is 5.28. The van der Waals surface area contributed by atoms with Gasteiger partial charge >= 0.3 is 0 Å². The molecule has 0 atom stereocenters. The predicted octanol–water partition coefficient (Wildman–Crippen LogP) is 9.42. The van der Waals surface area contributed by atoms with Crippen LogP contribution in [0.4, 0.5) is 0 Å². The Balaban J connectivity index is 1.42. The van der Waals surface area contributed by atoms with Gasteiger partial charge in [0.2, 0.25) is 0 Å². The van der Waals surface area contributed by atoms with Gasteiger partial charge in [0.05, 0.1) is 11.0 Å². The second-order valence-corrected chi connectivity index (χ2v) is 10.6. The van der Waals surface area contributed by atoms with Crippen molar-refractivity contribution in [3.8, 4) is 16.8 Å². The molecule has 2 heterocycles. The third-order valence-corrected chi connectivity index (χ3v) is 8.37. The maximum Gasteiger partial charge on any atom is 0.0551 e. The fraction of sp³-hybridized carbons (Fsp3) is 0. The Morgan fingerprint density at radius 2 is 1.30 bits per heavy atom. The molecule has 7 rings (SSSR count). The lowest BCUT2D eigenvalue weighted by Gasteiger charge is -2.10. The van der Waals surface area contributed by atoms with Gasteiger partial charge < -0.3 is 4.57 Å². The van der Waals surface area contributed by atoms with Gasteiger partial charge in [0.15, 0.2) is 0 Å². The highest BCUT2D eigenvalue weighted by Gasteiger charge is 2.13. The lowest BCUT2D eigenvalue weighted by Crippen LogP contribution is -1.94. The average Bonchev–Trinajstić information content (AvgIpc) is 3.39. The predicted molar refractivity (Wildman–Crippen MR) is 152 cm³/mol. The van der Waals surface area contributed by atoms with E-state index >= 15 is 0 Å². The highest BCUT2D eigenvalue weighted by atomic mass is 127. The van der Waals surface area contributed by atoms with Crippen molar-refractivity contribution in [1.29, 1.82) is 0 Å². The van der Waals surface area contributed by atoms with Crippen LogP contribution in [0.1, 0.15) is 0 Å². The van der Waals surface area contributed by atoms with Crippen LogP contribution >= 0.6 is 33.9 Å². The molecule has 0 amide bonds. The Bertz CT molecular complexity index is 1820. The highest BCUT2D eigenvalue weighted by Crippen LogP contribution is 2.40. The Hall–Kier alpha value is -3.15. The van der Waals surface area contributed by atoms with Crippen molar-refractivity contribution < 1.29 is 0 Å². The third-order valence-electron chi connectivity index (χ3n) is 6.48. The van der Waals surface area contributed by atoms with Gasteiger partial charge in [0.1, 0.15) is 0 Å². The SMILES string of the molecule is Ic1ccc2c3ccccc3n(-c3ccc(-c4cccc5c4sc4ccccc45)cc3)c2c1. The van der Waals surface area contributed by atoms with Gasteiger partial charge in [-0.2, -0.15) is 0 Å². The first kappa shape index (κ1) is 19.3. The summed E-state index contributed by atoms with van der Waals surface area (Å²) < 4.78 is 6.34. The number of benzene rings is 5. The molecule has 0 aliphatic heterocycles. The summed E-state index contributed by atoms with van der Waals surface area (Å²) in [7, 11) is 0. The minimum absolute atomic E-state index is 1.19. The van der Waals surface area contributed by atoms with Crippen LogP contribution in [0, 0.1) is 3.57 Å². The topological polar surface area (TPSA) is 4.93 Å². The third kappa shape index (κ3) is 2.96. The van der Waals surface area contributed by atoms with Gasteiger partial charge in [-0.15, -0.1) is 11.3 Å². The average molecular weight is 551 g/mol. The second-order valence-electron chi connectivity index (χ2n) is 8.34. The van der Waals surface area contributed by atoms with E-state index in [1.165, 1.54) is 62.4 Å². The lowest BCUT2D eigenvalue weighted by molar-refractivity contribution is 1.18. The molecular weight excluding hydrogens is 533 g/mol. The van der Waals surface area contributed by atoms with Gasteiger partial charge in [-0.3, -0.25) is 0 Å². The molecule has 0 aliphatic carbocycles. The van der Waals surface area contributed by atoms with Gasteiger partial charge in [0.25, 0.3) is 0 Å². The summed E-state index contributed by atoms with van der Waals surface area (Å²) in [4.78, 5) is 0. The number of aromatic nitrogens is 1. The van der Waals surface area contributed by atoms with E-state index in [4.69, 9.17) is 0 Å². The molecule has 33 heavy (non-hydrogen) atoms. The monoisotopic (exact) mass is 551 g/mol. The molecule has 156 valence electrons. The van der Waals surface area contributed by atoms with Crippen molar-refractivity contribution >= 4 is 75.9 Å². The van der Waals surface area contributed by atoms with E-state index in [9.17, 15) is 0 Å². The molecule has 2 aromatic heterocycles. The quantitative estimate of drug-likeness (QED) is 0.189. The number of halogens is 1. The molecule has 1 nitrogen and oxygen atoms in total. The van der Waals surface area contributed by atoms with Crippen molar-refractivity contribution in [2.75, 3.05) is 0 Å². The molecule has 3 heteroatoms. The van der Waals surface area contributed by atoms with Crippen molar-refractivity contribution in [1.82, 2.24) is 4.57 Å². The van der Waals surface area contributed by atoms with E-state index in [1.807, 2.05) is 11.3 Å². The first-order chi connectivity index (χ1) is 16.3. The van der Waals surface area contributed by atoms with E-state index < -0.39 is 0 Å². The summed E-state index contributed by atoms with van der Waals surface area (Å²) in [6.45, 7) is 0. The molecule has 7 aromatic rings. The maximum atomic E-state index is 2.40. The fourth-order valence-electron chi connectivity index (χ4n) is 4.99. The molecule has 0 bridgehead atoms. The zero-order chi connectivity index (χ0) is 21.9. The van der Waals surface area contributed by atoms with Crippen LogP contribution in [0.15, 0.2) is 109 Å². The van der Waals surface area contributed by atoms with Crippen LogP contribution in [-0.4, -0.2) is 4.57 Å². The van der Waals surface area contributed by atoms with Crippen molar-refractivity contribution in [2.45, 2.75) is 0 Å². The Labute approximate surface area is 209 Å². The number of nitrogens with zero attached hydrogens (tertiary/aromatic N) is 1. The van der Waals surface area contributed by atoms with Gasteiger partial charge in [-0.1, -0.05) is 72.8 Å². The standard InChI is InChI=1S/C30H18INS/c31-20-14-17-24-23-6-1-3-10-27(23)32(28(24)18-20)21-15-12-19(13-16-21)22-8-5-9-26-25-7-2-4-11-29(25)33-30(22)26/h1-18H. The lowest BCUT2D eigenvalue weighted by atomic mass is 10.0. The summed E-state index contributed by atoms with van der Waals surface area (Å²) >= 11 is 4.29. The molecule has 0 unspecified atom stereocenters. The second kappa shape index (κ2) is 7.44. The number of rotatable bonds is 2. The van der Waals surface area contributed by atoms with Crippen LogP contribution < -0.4 is 0 Å². The molecule has 5 aromatic carbocycles. The minimum atomic E-state index is 1.19. The molecule has 0 radical (unpaired) electrons. The summed E-state index contributed by atoms with van der Waals surface area (Å²) in [5.41, 5.74) is 6.25. The fourth-order valence-corrected chi connectivity index (χ4v) is 6.70.